The van der Waals surface area contributed by atoms with Crippen LogP contribution in [-0.4, -0.2) is 35.4 Å². The summed E-state index contributed by atoms with van der Waals surface area (Å²) in [4.78, 5) is 21.4. The molecule has 0 spiro atoms. The van der Waals surface area contributed by atoms with Crippen molar-refractivity contribution < 1.29 is 29.3 Å². The molecule has 0 amide bonds. The second-order valence-corrected chi connectivity index (χ2v) is 9.10. The summed E-state index contributed by atoms with van der Waals surface area (Å²) in [5.74, 6) is -0.263. The molecule has 0 heterocycles. The van der Waals surface area contributed by atoms with Crippen LogP contribution in [0.2, 0.25) is 0 Å². The molecule has 0 aliphatic carbocycles. The van der Waals surface area contributed by atoms with E-state index in [9.17, 15) is 9.59 Å². The monoisotopic (exact) mass is 478 g/mol. The lowest BCUT2D eigenvalue weighted by molar-refractivity contribution is -0.138. The van der Waals surface area contributed by atoms with Gasteiger partial charge >= 0.3 is 11.9 Å². The highest BCUT2D eigenvalue weighted by Gasteiger charge is 2.08. The maximum Gasteiger partial charge on any atom is 0.303 e. The Kier molecular flexibility index (Phi) is 17.7. The molecule has 0 fully saturated rings. The van der Waals surface area contributed by atoms with Crippen LogP contribution in [0.1, 0.15) is 115 Å². The van der Waals surface area contributed by atoms with Crippen molar-refractivity contribution in [3.63, 3.8) is 0 Å². The minimum atomic E-state index is -0.830. The Morgan fingerprint density at radius 2 is 1.18 bits per heavy atom. The number of carbonyl (C=O) groups is 2. The molecule has 0 aliphatic rings. The van der Waals surface area contributed by atoms with Gasteiger partial charge in [0.25, 0.3) is 0 Å². The van der Waals surface area contributed by atoms with Crippen LogP contribution in [0.4, 0.5) is 0 Å². The second kappa shape index (κ2) is 20.2. The predicted octanol–water partition coefficient (Wildman–Crippen LogP) is 7.42. The van der Waals surface area contributed by atoms with Crippen molar-refractivity contribution in [2.45, 2.75) is 116 Å². The van der Waals surface area contributed by atoms with Crippen LogP contribution in [0.15, 0.2) is 18.2 Å². The summed E-state index contributed by atoms with van der Waals surface area (Å²) in [6.07, 6.45) is 17.7. The Labute approximate surface area is 206 Å². The molecule has 1 aromatic carbocycles. The van der Waals surface area contributed by atoms with Gasteiger partial charge in [0, 0.05) is 18.9 Å². The standard InChI is InChI=1S/C28H46O6/c1-2-3-4-5-6-7-8-9-10-11-12-13-16-24-19-20-25(33-21-14-17-27(29)30)23-26(24)34-22-15-18-28(31)32/h19-20,23H,2-18,21-22H2,1H3,(H,29,30)(H,31,32). The molecule has 0 radical (unpaired) electrons. The summed E-state index contributed by atoms with van der Waals surface area (Å²) in [5.41, 5.74) is 1.11. The molecule has 0 saturated carbocycles. The Morgan fingerprint density at radius 3 is 1.71 bits per heavy atom. The number of unbranched alkanes of at least 4 members (excludes halogenated alkanes) is 11. The van der Waals surface area contributed by atoms with Gasteiger partial charge in [0.2, 0.25) is 0 Å². The minimum absolute atomic E-state index is 0.0790. The Balaban J connectivity index is 2.35. The van der Waals surface area contributed by atoms with Gasteiger partial charge in [-0.3, -0.25) is 9.59 Å². The van der Waals surface area contributed by atoms with E-state index in [2.05, 4.69) is 6.92 Å². The molecule has 6 nitrogen and oxygen atoms in total. The SMILES string of the molecule is CCCCCCCCCCCCCCc1ccc(OCCCC(=O)O)cc1OCCCC(=O)O. The number of ether oxygens (including phenoxy) is 2. The average Bonchev–Trinajstić information content (AvgIpc) is 2.81. The molecule has 0 atom stereocenters. The van der Waals surface area contributed by atoms with Gasteiger partial charge in [0.1, 0.15) is 11.5 Å². The molecule has 1 aromatic rings. The van der Waals surface area contributed by atoms with Crippen molar-refractivity contribution in [3.05, 3.63) is 23.8 Å². The van der Waals surface area contributed by atoms with E-state index in [1.54, 1.807) is 0 Å². The number of aryl methyl sites for hydroxylation is 1. The van der Waals surface area contributed by atoms with Crippen molar-refractivity contribution >= 4 is 11.9 Å². The predicted molar refractivity (Wildman–Crippen MR) is 136 cm³/mol. The average molecular weight is 479 g/mol. The summed E-state index contributed by atoms with van der Waals surface area (Å²) >= 11 is 0. The largest absolute Gasteiger partial charge is 0.493 e. The van der Waals surface area contributed by atoms with E-state index in [0.717, 1.165) is 24.2 Å². The van der Waals surface area contributed by atoms with E-state index < -0.39 is 11.9 Å². The highest BCUT2D eigenvalue weighted by Crippen LogP contribution is 2.27. The Morgan fingerprint density at radius 1 is 0.676 bits per heavy atom. The van der Waals surface area contributed by atoms with E-state index in [4.69, 9.17) is 19.7 Å². The number of carboxylic acid groups (broad SMARTS) is 2. The molecule has 2 N–H and O–H groups in total. The van der Waals surface area contributed by atoms with Gasteiger partial charge in [-0.05, 0) is 37.3 Å². The molecular weight excluding hydrogens is 432 g/mol. The normalized spacial score (nSPS) is 10.9. The first-order chi connectivity index (χ1) is 16.5. The van der Waals surface area contributed by atoms with E-state index in [1.165, 1.54) is 70.6 Å². The first kappa shape index (κ1) is 29.8. The van der Waals surface area contributed by atoms with Crippen molar-refractivity contribution in [1.82, 2.24) is 0 Å². The Bertz CT molecular complexity index is 673. The van der Waals surface area contributed by atoms with Crippen LogP contribution < -0.4 is 9.47 Å². The number of rotatable bonds is 23. The lowest BCUT2D eigenvalue weighted by Gasteiger charge is -2.14. The molecule has 0 aliphatic heterocycles. The quantitative estimate of drug-likeness (QED) is 0.159. The molecule has 194 valence electrons. The van der Waals surface area contributed by atoms with Crippen LogP contribution in [0.5, 0.6) is 11.5 Å². The fourth-order valence-electron chi connectivity index (χ4n) is 3.94. The van der Waals surface area contributed by atoms with Gasteiger partial charge < -0.3 is 19.7 Å². The van der Waals surface area contributed by atoms with E-state index >= 15 is 0 Å². The zero-order valence-corrected chi connectivity index (χ0v) is 21.2. The van der Waals surface area contributed by atoms with Crippen molar-refractivity contribution in [3.8, 4) is 11.5 Å². The van der Waals surface area contributed by atoms with Crippen LogP contribution in [0.25, 0.3) is 0 Å². The summed E-state index contributed by atoms with van der Waals surface area (Å²) in [7, 11) is 0. The second-order valence-electron chi connectivity index (χ2n) is 9.10. The van der Waals surface area contributed by atoms with Gasteiger partial charge in [0.05, 0.1) is 13.2 Å². The minimum Gasteiger partial charge on any atom is -0.493 e. The van der Waals surface area contributed by atoms with Crippen LogP contribution in [0.3, 0.4) is 0 Å². The smallest absolute Gasteiger partial charge is 0.303 e. The number of aliphatic carboxylic acids is 2. The van der Waals surface area contributed by atoms with Gasteiger partial charge in [-0.25, -0.2) is 0 Å². The van der Waals surface area contributed by atoms with E-state index in [1.807, 2.05) is 18.2 Å². The molecule has 0 bridgehead atoms. The van der Waals surface area contributed by atoms with Crippen molar-refractivity contribution in [2.24, 2.45) is 0 Å². The summed E-state index contributed by atoms with van der Waals surface area (Å²) < 4.78 is 11.6. The summed E-state index contributed by atoms with van der Waals surface area (Å²) in [6, 6.07) is 5.76. The first-order valence-corrected chi connectivity index (χ1v) is 13.3. The zero-order valence-electron chi connectivity index (χ0n) is 21.2. The number of carboxylic acids is 2. The topological polar surface area (TPSA) is 93.1 Å². The lowest BCUT2D eigenvalue weighted by Crippen LogP contribution is -2.05. The maximum absolute atomic E-state index is 10.7. The van der Waals surface area contributed by atoms with Gasteiger partial charge in [-0.1, -0.05) is 83.6 Å². The fraction of sp³-hybridized carbons (Fsp3) is 0.714. The van der Waals surface area contributed by atoms with Crippen molar-refractivity contribution in [2.75, 3.05) is 13.2 Å². The fourth-order valence-corrected chi connectivity index (χ4v) is 3.94. The van der Waals surface area contributed by atoms with Gasteiger partial charge in [0.15, 0.2) is 0 Å². The highest BCUT2D eigenvalue weighted by molar-refractivity contribution is 5.66. The molecule has 0 saturated heterocycles. The van der Waals surface area contributed by atoms with Gasteiger partial charge in [-0.2, -0.15) is 0 Å². The first-order valence-electron chi connectivity index (χ1n) is 13.3. The zero-order chi connectivity index (χ0) is 24.9. The molecule has 0 aromatic heterocycles. The lowest BCUT2D eigenvalue weighted by atomic mass is 10.0. The Hall–Kier alpha value is -2.24. The van der Waals surface area contributed by atoms with Crippen molar-refractivity contribution in [1.29, 1.82) is 0 Å². The number of hydrogen-bond acceptors (Lipinski definition) is 4. The third-order valence-electron chi connectivity index (χ3n) is 5.93. The van der Waals surface area contributed by atoms with E-state index in [-0.39, 0.29) is 12.8 Å². The maximum atomic E-state index is 10.7. The van der Waals surface area contributed by atoms with Crippen LogP contribution in [0, 0.1) is 0 Å². The third-order valence-corrected chi connectivity index (χ3v) is 5.93. The highest BCUT2D eigenvalue weighted by atomic mass is 16.5. The summed E-state index contributed by atoms with van der Waals surface area (Å²) in [5, 5.41) is 17.6. The molecule has 0 unspecified atom stereocenters. The molecule has 34 heavy (non-hydrogen) atoms. The number of hydrogen-bond donors (Lipinski definition) is 2. The number of benzene rings is 1. The van der Waals surface area contributed by atoms with E-state index in [0.29, 0.717) is 31.8 Å². The third kappa shape index (κ3) is 16.4. The molecular formula is C28H46O6. The molecule has 1 rings (SSSR count). The molecule has 6 heteroatoms. The van der Waals surface area contributed by atoms with Crippen LogP contribution >= 0.6 is 0 Å². The van der Waals surface area contributed by atoms with Gasteiger partial charge in [-0.15, -0.1) is 0 Å². The summed E-state index contributed by atoms with van der Waals surface area (Å²) in [6.45, 7) is 2.94. The van der Waals surface area contributed by atoms with Crippen LogP contribution in [-0.2, 0) is 16.0 Å².